The lowest BCUT2D eigenvalue weighted by atomic mass is 10.2. The first kappa shape index (κ1) is 21.9. The van der Waals surface area contributed by atoms with Gasteiger partial charge in [0, 0.05) is 35.9 Å². The third-order valence-electron chi connectivity index (χ3n) is 4.36. The molecule has 160 valence electrons. The molecule has 0 bridgehead atoms. The van der Waals surface area contributed by atoms with E-state index in [9.17, 15) is 20.2 Å². The second kappa shape index (κ2) is 9.81. The van der Waals surface area contributed by atoms with Crippen LogP contribution in [-0.2, 0) is 6.54 Å². The van der Waals surface area contributed by atoms with Crippen molar-refractivity contribution in [2.75, 3.05) is 16.8 Å². The Bertz CT molecular complexity index is 1080. The smallest absolute Gasteiger partial charge is 0.329 e. The highest BCUT2D eigenvalue weighted by Gasteiger charge is 2.23. The quantitative estimate of drug-likeness (QED) is 0.357. The van der Waals surface area contributed by atoms with E-state index in [1.165, 1.54) is 18.3 Å². The van der Waals surface area contributed by atoms with Crippen LogP contribution in [0.1, 0.15) is 18.9 Å². The van der Waals surface area contributed by atoms with Crippen LogP contribution in [0.2, 0.25) is 5.02 Å². The predicted octanol–water partition coefficient (Wildman–Crippen LogP) is 5.11. The van der Waals surface area contributed by atoms with E-state index in [0.717, 1.165) is 5.56 Å². The number of hydrogen-bond acceptors (Lipinski definition) is 8. The van der Waals surface area contributed by atoms with E-state index in [1.54, 1.807) is 41.3 Å². The molecule has 3 aromatic rings. The zero-order valence-corrected chi connectivity index (χ0v) is 17.3. The highest BCUT2D eigenvalue weighted by Crippen LogP contribution is 2.29. The standard InChI is InChI=1S/C20H19ClN6O4/c1-2-11-25(13-14-3-9-17(10-4-14)26(28)29)19-18(27(30)31)12-22-20(24-19)23-16-7-5-15(21)6-8-16/h3-10,12H,2,11,13H2,1H3,(H,22,23,24). The molecule has 1 heterocycles. The van der Waals surface area contributed by atoms with Crippen molar-refractivity contribution < 1.29 is 9.85 Å². The summed E-state index contributed by atoms with van der Waals surface area (Å²) in [7, 11) is 0. The van der Waals surface area contributed by atoms with Gasteiger partial charge >= 0.3 is 5.69 Å². The molecule has 0 atom stereocenters. The molecule has 2 aromatic carbocycles. The van der Waals surface area contributed by atoms with Crippen molar-refractivity contribution in [1.29, 1.82) is 0 Å². The maximum absolute atomic E-state index is 11.6. The molecule has 0 saturated heterocycles. The molecule has 1 N–H and O–H groups in total. The Labute approximate surface area is 182 Å². The maximum Gasteiger partial charge on any atom is 0.329 e. The zero-order chi connectivity index (χ0) is 22.4. The molecule has 3 rings (SSSR count). The number of non-ortho nitro benzene ring substituents is 1. The van der Waals surface area contributed by atoms with Gasteiger partial charge in [-0.1, -0.05) is 30.7 Å². The van der Waals surface area contributed by atoms with Gasteiger partial charge in [0.15, 0.2) is 0 Å². The number of halogens is 1. The largest absolute Gasteiger partial charge is 0.346 e. The van der Waals surface area contributed by atoms with E-state index in [1.807, 2.05) is 6.92 Å². The van der Waals surface area contributed by atoms with Gasteiger partial charge in [0.1, 0.15) is 6.20 Å². The van der Waals surface area contributed by atoms with Crippen molar-refractivity contribution in [3.05, 3.63) is 85.5 Å². The summed E-state index contributed by atoms with van der Waals surface area (Å²) < 4.78 is 0. The molecule has 0 aliphatic heterocycles. The molecule has 0 aliphatic carbocycles. The number of aromatic nitrogens is 2. The molecule has 0 saturated carbocycles. The molecule has 0 unspecified atom stereocenters. The Kier molecular flexibility index (Phi) is 6.93. The fraction of sp³-hybridized carbons (Fsp3) is 0.200. The van der Waals surface area contributed by atoms with Crippen molar-refractivity contribution in [2.24, 2.45) is 0 Å². The molecule has 0 radical (unpaired) electrons. The Morgan fingerprint density at radius 3 is 2.29 bits per heavy atom. The minimum atomic E-state index is -0.528. The van der Waals surface area contributed by atoms with Gasteiger partial charge in [-0.15, -0.1) is 0 Å². The predicted molar refractivity (Wildman–Crippen MR) is 118 cm³/mol. The van der Waals surface area contributed by atoms with Crippen LogP contribution >= 0.6 is 11.6 Å². The van der Waals surface area contributed by atoms with Gasteiger partial charge in [-0.2, -0.15) is 4.98 Å². The molecule has 31 heavy (non-hydrogen) atoms. The zero-order valence-electron chi connectivity index (χ0n) is 16.6. The fourth-order valence-electron chi connectivity index (χ4n) is 2.92. The number of nitro groups is 2. The number of nitrogens with one attached hydrogen (secondary N) is 1. The Balaban J connectivity index is 1.93. The molecule has 10 nitrogen and oxygen atoms in total. The van der Waals surface area contributed by atoms with Gasteiger partial charge in [0.2, 0.25) is 11.8 Å². The minimum Gasteiger partial charge on any atom is -0.346 e. The minimum absolute atomic E-state index is 0.0201. The van der Waals surface area contributed by atoms with E-state index in [0.29, 0.717) is 30.2 Å². The number of rotatable bonds is 9. The first-order chi connectivity index (χ1) is 14.9. The van der Waals surface area contributed by atoms with E-state index in [4.69, 9.17) is 11.6 Å². The lowest BCUT2D eigenvalue weighted by molar-refractivity contribution is -0.385. The monoisotopic (exact) mass is 442 g/mol. The fourth-order valence-corrected chi connectivity index (χ4v) is 3.05. The summed E-state index contributed by atoms with van der Waals surface area (Å²) in [5, 5.41) is 26.1. The molecule has 0 aliphatic rings. The summed E-state index contributed by atoms with van der Waals surface area (Å²) in [6.07, 6.45) is 1.88. The van der Waals surface area contributed by atoms with Crippen molar-refractivity contribution in [1.82, 2.24) is 9.97 Å². The number of anilines is 3. The molecule has 1 aromatic heterocycles. The molecule has 0 spiro atoms. The van der Waals surface area contributed by atoms with Crippen LogP contribution in [0.5, 0.6) is 0 Å². The van der Waals surface area contributed by atoms with E-state index >= 15 is 0 Å². The first-order valence-corrected chi connectivity index (χ1v) is 9.77. The summed E-state index contributed by atoms with van der Waals surface area (Å²) in [5.74, 6) is 0.365. The van der Waals surface area contributed by atoms with E-state index in [2.05, 4.69) is 15.3 Å². The lowest BCUT2D eigenvalue weighted by Crippen LogP contribution is -2.26. The van der Waals surface area contributed by atoms with Crippen LogP contribution in [0.25, 0.3) is 0 Å². The molecular formula is C20H19ClN6O4. The van der Waals surface area contributed by atoms with Crippen molar-refractivity contribution in [3.63, 3.8) is 0 Å². The summed E-state index contributed by atoms with van der Waals surface area (Å²) in [5.41, 5.74) is 1.20. The lowest BCUT2D eigenvalue weighted by Gasteiger charge is -2.23. The average molecular weight is 443 g/mol. The summed E-state index contributed by atoms with van der Waals surface area (Å²) in [6, 6.07) is 13.0. The first-order valence-electron chi connectivity index (χ1n) is 9.39. The number of benzene rings is 2. The number of nitrogens with zero attached hydrogens (tertiary/aromatic N) is 5. The Hall–Kier alpha value is -3.79. The second-order valence-corrected chi connectivity index (χ2v) is 7.07. The summed E-state index contributed by atoms with van der Waals surface area (Å²) in [6.45, 7) is 2.74. The van der Waals surface area contributed by atoms with Gasteiger partial charge in [0.25, 0.3) is 5.69 Å². The van der Waals surface area contributed by atoms with E-state index < -0.39 is 9.85 Å². The van der Waals surface area contributed by atoms with E-state index in [-0.39, 0.29) is 23.1 Å². The maximum atomic E-state index is 11.6. The Morgan fingerprint density at radius 1 is 1.03 bits per heavy atom. The third kappa shape index (κ3) is 5.64. The average Bonchev–Trinajstić information content (AvgIpc) is 2.75. The van der Waals surface area contributed by atoms with Crippen LogP contribution in [0, 0.1) is 20.2 Å². The van der Waals surface area contributed by atoms with Crippen LogP contribution in [0.15, 0.2) is 54.7 Å². The van der Waals surface area contributed by atoms with Crippen molar-refractivity contribution in [2.45, 2.75) is 19.9 Å². The Morgan fingerprint density at radius 2 is 1.71 bits per heavy atom. The van der Waals surface area contributed by atoms with Crippen molar-refractivity contribution in [3.8, 4) is 0 Å². The third-order valence-corrected chi connectivity index (χ3v) is 4.61. The SMILES string of the molecule is CCCN(Cc1ccc([N+](=O)[O-])cc1)c1nc(Nc2ccc(Cl)cc2)ncc1[N+](=O)[O-]. The van der Waals surface area contributed by atoms with Crippen molar-refractivity contribution >= 4 is 40.4 Å². The second-order valence-electron chi connectivity index (χ2n) is 6.64. The van der Waals surface area contributed by atoms with Gasteiger partial charge < -0.3 is 10.2 Å². The van der Waals surface area contributed by atoms with Gasteiger partial charge in [-0.05, 0) is 36.2 Å². The summed E-state index contributed by atoms with van der Waals surface area (Å²) in [4.78, 5) is 31.7. The highest BCUT2D eigenvalue weighted by atomic mass is 35.5. The number of hydrogen-bond donors (Lipinski definition) is 1. The van der Waals surface area contributed by atoms with Crippen LogP contribution in [0.4, 0.5) is 28.8 Å². The summed E-state index contributed by atoms with van der Waals surface area (Å²) >= 11 is 5.90. The van der Waals surface area contributed by atoms with Crippen LogP contribution in [0.3, 0.4) is 0 Å². The molecule has 11 heteroatoms. The number of nitro benzene ring substituents is 1. The van der Waals surface area contributed by atoms with Crippen LogP contribution < -0.4 is 10.2 Å². The van der Waals surface area contributed by atoms with Gasteiger partial charge in [-0.3, -0.25) is 20.2 Å². The van der Waals surface area contributed by atoms with Gasteiger partial charge in [0.05, 0.1) is 9.85 Å². The molecule has 0 amide bonds. The highest BCUT2D eigenvalue weighted by molar-refractivity contribution is 6.30. The molecule has 0 fully saturated rings. The van der Waals surface area contributed by atoms with Crippen LogP contribution in [-0.4, -0.2) is 26.4 Å². The van der Waals surface area contributed by atoms with Gasteiger partial charge in [-0.25, -0.2) is 4.98 Å². The molecular weight excluding hydrogens is 424 g/mol. The normalized spacial score (nSPS) is 10.5. The topological polar surface area (TPSA) is 127 Å².